The third kappa shape index (κ3) is 4.90. The molecule has 11 aromatic rings. The Hall–Kier alpha value is -7.37. The average molecular weight is 692 g/mol. The van der Waals surface area contributed by atoms with E-state index in [0.29, 0.717) is 17.5 Å². The van der Waals surface area contributed by atoms with Crippen LogP contribution in [0.2, 0.25) is 0 Å². The smallest absolute Gasteiger partial charge is 0.164 e. The summed E-state index contributed by atoms with van der Waals surface area (Å²) < 4.78 is 12.8. The number of rotatable bonds is 5. The third-order valence-electron chi connectivity index (χ3n) is 10.3. The van der Waals surface area contributed by atoms with Crippen LogP contribution in [0.3, 0.4) is 0 Å². The molecule has 0 aliphatic carbocycles. The quantitative estimate of drug-likeness (QED) is 0.180. The van der Waals surface area contributed by atoms with Crippen LogP contribution in [0.4, 0.5) is 0 Å². The van der Waals surface area contributed by atoms with Gasteiger partial charge in [-0.25, -0.2) is 15.0 Å². The maximum atomic E-state index is 6.57. The van der Waals surface area contributed by atoms with Gasteiger partial charge in [-0.1, -0.05) is 140 Å². The molecule has 3 aromatic heterocycles. The summed E-state index contributed by atoms with van der Waals surface area (Å²) >= 11 is 0. The Labute approximate surface area is 309 Å². The van der Waals surface area contributed by atoms with E-state index < -0.39 is 0 Å². The van der Waals surface area contributed by atoms with E-state index in [2.05, 4.69) is 109 Å². The zero-order chi connectivity index (χ0) is 35.6. The number of hydrogen-bond acceptors (Lipinski definition) is 5. The predicted octanol–water partition coefficient (Wildman–Crippen LogP) is 13.2. The highest BCUT2D eigenvalue weighted by Crippen LogP contribution is 2.42. The highest BCUT2D eigenvalue weighted by molar-refractivity contribution is 6.19. The summed E-state index contributed by atoms with van der Waals surface area (Å²) in [6, 6.07) is 60.4. The Morgan fingerprint density at radius 2 is 0.907 bits per heavy atom. The molecule has 0 radical (unpaired) electrons. The molecule has 5 nitrogen and oxygen atoms in total. The number of nitrogens with zero attached hydrogens (tertiary/aromatic N) is 3. The van der Waals surface area contributed by atoms with Crippen molar-refractivity contribution in [1.82, 2.24) is 15.0 Å². The van der Waals surface area contributed by atoms with E-state index in [1.165, 1.54) is 5.56 Å². The van der Waals surface area contributed by atoms with Crippen LogP contribution >= 0.6 is 0 Å². The average Bonchev–Trinajstić information content (AvgIpc) is 3.82. The summed E-state index contributed by atoms with van der Waals surface area (Å²) in [4.78, 5) is 15.3. The van der Waals surface area contributed by atoms with Crippen molar-refractivity contribution in [2.75, 3.05) is 0 Å². The lowest BCUT2D eigenvalue weighted by atomic mass is 9.94. The molecular formula is C49H29N3O2. The molecule has 5 heteroatoms. The molecule has 3 heterocycles. The summed E-state index contributed by atoms with van der Waals surface area (Å²) in [5.74, 6) is 1.79. The molecule has 0 atom stereocenters. The summed E-state index contributed by atoms with van der Waals surface area (Å²) in [6.45, 7) is 0. The highest BCUT2D eigenvalue weighted by Gasteiger charge is 2.19. The molecule has 8 aromatic carbocycles. The molecule has 252 valence electrons. The molecule has 0 amide bonds. The monoisotopic (exact) mass is 691 g/mol. The zero-order valence-electron chi connectivity index (χ0n) is 28.9. The van der Waals surface area contributed by atoms with E-state index in [1.807, 2.05) is 66.7 Å². The second-order valence-corrected chi connectivity index (χ2v) is 13.6. The molecule has 54 heavy (non-hydrogen) atoms. The Morgan fingerprint density at radius 3 is 1.74 bits per heavy atom. The lowest BCUT2D eigenvalue weighted by molar-refractivity contribution is 0.669. The van der Waals surface area contributed by atoms with Gasteiger partial charge in [0.25, 0.3) is 0 Å². The van der Waals surface area contributed by atoms with Gasteiger partial charge < -0.3 is 8.83 Å². The van der Waals surface area contributed by atoms with Crippen molar-refractivity contribution in [2.45, 2.75) is 0 Å². The van der Waals surface area contributed by atoms with Crippen LogP contribution < -0.4 is 0 Å². The van der Waals surface area contributed by atoms with Crippen LogP contribution in [0.1, 0.15) is 0 Å². The van der Waals surface area contributed by atoms with E-state index in [1.54, 1.807) is 0 Å². The molecular weight excluding hydrogens is 663 g/mol. The standard InChI is InChI=1S/C49H29N3O2/c1-3-13-30(14-4-1)32-25-26-43-40(28-32)41-29-39(35-19-7-8-20-36(35)46(41)54-43)33-17-11-18-34(27-33)48-50-47(31-15-5-2-6-16-31)51-49(52-48)38-22-12-24-44-45(38)37-21-9-10-23-42(37)53-44/h1-29H. The van der Waals surface area contributed by atoms with Crippen LogP contribution in [0.25, 0.3) is 111 Å². The van der Waals surface area contributed by atoms with Crippen molar-refractivity contribution < 1.29 is 8.83 Å². The molecule has 0 unspecified atom stereocenters. The van der Waals surface area contributed by atoms with Gasteiger partial charge in [-0.05, 0) is 64.0 Å². The van der Waals surface area contributed by atoms with Gasteiger partial charge >= 0.3 is 0 Å². The van der Waals surface area contributed by atoms with Gasteiger partial charge in [0.2, 0.25) is 0 Å². The van der Waals surface area contributed by atoms with Gasteiger partial charge in [0.1, 0.15) is 22.3 Å². The molecule has 0 bridgehead atoms. The maximum absolute atomic E-state index is 6.57. The first-order valence-electron chi connectivity index (χ1n) is 18.0. The first kappa shape index (κ1) is 30.3. The van der Waals surface area contributed by atoms with E-state index in [-0.39, 0.29) is 0 Å². The SMILES string of the molecule is c1ccc(-c2ccc3oc4c5ccccc5c(-c5cccc(-c6nc(-c7ccccc7)nc(-c7cccc8oc9ccccc9c78)n6)c5)cc4c3c2)cc1. The Morgan fingerprint density at radius 1 is 0.296 bits per heavy atom. The number of hydrogen-bond donors (Lipinski definition) is 0. The minimum absolute atomic E-state index is 0.590. The van der Waals surface area contributed by atoms with E-state index >= 15 is 0 Å². The van der Waals surface area contributed by atoms with Crippen molar-refractivity contribution in [3.8, 4) is 56.4 Å². The Bertz CT molecular complexity index is 3220. The second kappa shape index (κ2) is 12.1. The molecule has 0 saturated heterocycles. The number of aromatic nitrogens is 3. The van der Waals surface area contributed by atoms with Crippen LogP contribution in [0, 0.1) is 0 Å². The third-order valence-corrected chi connectivity index (χ3v) is 10.3. The minimum atomic E-state index is 0.590. The number of furan rings is 2. The van der Waals surface area contributed by atoms with Crippen LogP contribution in [0.15, 0.2) is 185 Å². The lowest BCUT2D eigenvalue weighted by Gasteiger charge is -2.12. The number of fused-ring (bicyclic) bond motifs is 8. The molecule has 0 aliphatic heterocycles. The fourth-order valence-corrected chi connectivity index (χ4v) is 7.78. The molecule has 0 spiro atoms. The molecule has 0 aliphatic rings. The number of benzene rings is 8. The van der Waals surface area contributed by atoms with E-state index in [4.69, 9.17) is 23.8 Å². The fourth-order valence-electron chi connectivity index (χ4n) is 7.78. The van der Waals surface area contributed by atoms with Gasteiger partial charge in [-0.3, -0.25) is 0 Å². The van der Waals surface area contributed by atoms with Crippen molar-refractivity contribution in [3.63, 3.8) is 0 Å². The molecule has 0 fully saturated rings. The van der Waals surface area contributed by atoms with Crippen molar-refractivity contribution in [1.29, 1.82) is 0 Å². The van der Waals surface area contributed by atoms with Crippen LogP contribution in [0.5, 0.6) is 0 Å². The van der Waals surface area contributed by atoms with Crippen LogP contribution in [-0.4, -0.2) is 15.0 Å². The lowest BCUT2D eigenvalue weighted by Crippen LogP contribution is -2.00. The number of para-hydroxylation sites is 1. The van der Waals surface area contributed by atoms with Crippen LogP contribution in [-0.2, 0) is 0 Å². The van der Waals surface area contributed by atoms with Gasteiger partial charge in [0.15, 0.2) is 17.5 Å². The van der Waals surface area contributed by atoms with Gasteiger partial charge in [-0.15, -0.1) is 0 Å². The normalized spacial score (nSPS) is 11.7. The summed E-state index contributed by atoms with van der Waals surface area (Å²) in [5, 5.41) is 6.37. The first-order chi connectivity index (χ1) is 26.7. The molecule has 11 rings (SSSR count). The summed E-state index contributed by atoms with van der Waals surface area (Å²) in [5.41, 5.74) is 10.6. The Kier molecular flexibility index (Phi) is 6.79. The topological polar surface area (TPSA) is 65.0 Å². The van der Waals surface area contributed by atoms with Crippen molar-refractivity contribution in [3.05, 3.63) is 176 Å². The second-order valence-electron chi connectivity index (χ2n) is 13.6. The minimum Gasteiger partial charge on any atom is -0.456 e. The van der Waals surface area contributed by atoms with E-state index in [0.717, 1.165) is 88.0 Å². The summed E-state index contributed by atoms with van der Waals surface area (Å²) in [6.07, 6.45) is 0. The Balaban J connectivity index is 1.11. The highest BCUT2D eigenvalue weighted by atomic mass is 16.3. The predicted molar refractivity (Wildman–Crippen MR) is 219 cm³/mol. The van der Waals surface area contributed by atoms with Gasteiger partial charge in [-0.2, -0.15) is 0 Å². The zero-order valence-corrected chi connectivity index (χ0v) is 28.9. The van der Waals surface area contributed by atoms with Gasteiger partial charge in [0, 0.05) is 43.6 Å². The summed E-state index contributed by atoms with van der Waals surface area (Å²) in [7, 11) is 0. The molecule has 0 saturated carbocycles. The maximum Gasteiger partial charge on any atom is 0.164 e. The van der Waals surface area contributed by atoms with E-state index in [9.17, 15) is 0 Å². The first-order valence-corrected chi connectivity index (χ1v) is 18.0. The molecule has 0 N–H and O–H groups in total. The van der Waals surface area contributed by atoms with Crippen molar-refractivity contribution in [2.24, 2.45) is 0 Å². The fraction of sp³-hybridized carbons (Fsp3) is 0. The van der Waals surface area contributed by atoms with Gasteiger partial charge in [0.05, 0.1) is 0 Å². The largest absolute Gasteiger partial charge is 0.456 e. The van der Waals surface area contributed by atoms with Crippen molar-refractivity contribution >= 4 is 54.6 Å².